The third-order valence-corrected chi connectivity index (χ3v) is 10.7. The van der Waals surface area contributed by atoms with Crippen LogP contribution < -0.4 is 0 Å². The zero-order chi connectivity index (χ0) is 43.3. The van der Waals surface area contributed by atoms with Crippen LogP contribution in [0.2, 0.25) is 0 Å². The maximum atomic E-state index is 11.5. The number of hydrogen-bond acceptors (Lipinski definition) is 4. The van der Waals surface area contributed by atoms with Gasteiger partial charge in [0.25, 0.3) is 0 Å². The molecule has 0 fully saturated rings. The second-order valence-corrected chi connectivity index (χ2v) is 14.7. The van der Waals surface area contributed by atoms with Gasteiger partial charge in [-0.15, -0.1) is 0 Å². The predicted molar refractivity (Wildman–Crippen MR) is 242 cm³/mol. The summed E-state index contributed by atoms with van der Waals surface area (Å²) in [5, 5.41) is 37.7. The fraction of sp³-hybridized carbons (Fsp3) is 0. The lowest BCUT2D eigenvalue weighted by Gasteiger charge is -2.12. The summed E-state index contributed by atoms with van der Waals surface area (Å²) in [7, 11) is 0. The van der Waals surface area contributed by atoms with E-state index in [9.17, 15) is 39.6 Å². The molecule has 8 heteroatoms. The van der Waals surface area contributed by atoms with Crippen LogP contribution in [0.5, 0.6) is 0 Å². The highest BCUT2D eigenvalue weighted by Crippen LogP contribution is 2.35. The Hall–Kier alpha value is -8.62. The van der Waals surface area contributed by atoms with Crippen LogP contribution in [0.3, 0.4) is 0 Å². The molecule has 0 bridgehead atoms. The minimum absolute atomic E-state index is 0.195. The highest BCUT2D eigenvalue weighted by molar-refractivity contribution is 5.92. The van der Waals surface area contributed by atoms with Crippen LogP contribution in [-0.2, 0) is 0 Å². The molecule has 0 radical (unpaired) electrons. The van der Waals surface area contributed by atoms with Crippen molar-refractivity contribution in [2.24, 2.45) is 0 Å². The van der Waals surface area contributed by atoms with Gasteiger partial charge < -0.3 is 20.4 Å². The van der Waals surface area contributed by atoms with E-state index in [1.807, 2.05) is 72.8 Å². The molecule has 0 unspecified atom stereocenters. The first kappa shape index (κ1) is 40.2. The molecule has 8 rings (SSSR count). The first-order valence-electron chi connectivity index (χ1n) is 19.5. The maximum absolute atomic E-state index is 11.5. The van der Waals surface area contributed by atoms with E-state index in [0.717, 1.165) is 77.9 Å². The summed E-state index contributed by atoms with van der Waals surface area (Å²) in [6, 6.07) is 55.4. The van der Waals surface area contributed by atoms with Crippen LogP contribution in [-0.4, -0.2) is 44.3 Å². The van der Waals surface area contributed by atoms with Gasteiger partial charge in [0.1, 0.15) is 0 Å². The molecule has 0 spiro atoms. The number of carboxylic acid groups (broad SMARTS) is 4. The first-order chi connectivity index (χ1) is 30.0. The van der Waals surface area contributed by atoms with Crippen LogP contribution in [0.1, 0.15) is 52.6 Å². The van der Waals surface area contributed by atoms with Crippen molar-refractivity contribution in [1.29, 1.82) is 0 Å². The Kier molecular flexibility index (Phi) is 11.2. The van der Waals surface area contributed by atoms with Crippen molar-refractivity contribution < 1.29 is 39.6 Å². The van der Waals surface area contributed by atoms with Crippen molar-refractivity contribution in [3.63, 3.8) is 0 Å². The first-order valence-corrected chi connectivity index (χ1v) is 19.5. The highest BCUT2D eigenvalue weighted by atomic mass is 16.4. The Morgan fingerprint density at radius 2 is 0.403 bits per heavy atom. The van der Waals surface area contributed by atoms with E-state index in [1.165, 1.54) is 0 Å². The Labute approximate surface area is 356 Å². The number of hydrogen-bond donors (Lipinski definition) is 4. The van der Waals surface area contributed by atoms with E-state index < -0.39 is 23.9 Å². The Bertz CT molecular complexity index is 2640. The van der Waals surface area contributed by atoms with Crippen LogP contribution in [0.25, 0.3) is 78.9 Å². The molecular weight excluding hydrogens is 777 g/mol. The van der Waals surface area contributed by atoms with Gasteiger partial charge in [0.05, 0.1) is 22.3 Å². The van der Waals surface area contributed by atoms with E-state index in [-0.39, 0.29) is 22.3 Å². The van der Waals surface area contributed by atoms with Gasteiger partial charge in [0.15, 0.2) is 0 Å². The quantitative estimate of drug-likeness (QED) is 0.0891. The minimum Gasteiger partial charge on any atom is -0.478 e. The molecule has 0 saturated heterocycles. The van der Waals surface area contributed by atoms with E-state index in [1.54, 1.807) is 97.1 Å². The molecule has 8 aromatic carbocycles. The molecule has 0 aliphatic carbocycles. The zero-order valence-electron chi connectivity index (χ0n) is 32.9. The molecule has 62 heavy (non-hydrogen) atoms. The number of carboxylic acids is 4. The summed E-state index contributed by atoms with van der Waals surface area (Å²) in [6.45, 7) is 0. The lowest BCUT2D eigenvalue weighted by atomic mass is 9.92. The number of benzene rings is 8. The van der Waals surface area contributed by atoms with Crippen molar-refractivity contribution >= 4 is 36.0 Å². The average Bonchev–Trinajstić information content (AvgIpc) is 3.31. The normalized spacial score (nSPS) is 11.0. The van der Waals surface area contributed by atoms with Crippen molar-refractivity contribution in [3.05, 3.63) is 215 Å². The van der Waals surface area contributed by atoms with E-state index >= 15 is 0 Å². The van der Waals surface area contributed by atoms with Gasteiger partial charge in [0.2, 0.25) is 0 Å². The van der Waals surface area contributed by atoms with E-state index in [4.69, 9.17) is 0 Å². The SMILES string of the molecule is O=C(O)c1ccc(-c2cc(-c3ccc(/C=C/c4ccc(-c5cc(-c6ccc(C(=O)O)cc6)cc(-c6ccc(C(=O)O)cc6)c5)cc4)cc3)cc(-c3ccc(C(=O)O)cc3)c2)cc1. The smallest absolute Gasteiger partial charge is 0.335 e. The molecule has 0 aliphatic heterocycles. The average molecular weight is 813 g/mol. The molecule has 0 atom stereocenters. The monoisotopic (exact) mass is 812 g/mol. The van der Waals surface area contributed by atoms with E-state index in [0.29, 0.717) is 0 Å². The van der Waals surface area contributed by atoms with Crippen LogP contribution in [0.4, 0.5) is 0 Å². The van der Waals surface area contributed by atoms with Gasteiger partial charge in [-0.1, -0.05) is 109 Å². The minimum atomic E-state index is -0.999. The van der Waals surface area contributed by atoms with Gasteiger partial charge in [-0.05, 0) is 163 Å². The van der Waals surface area contributed by atoms with Crippen molar-refractivity contribution in [2.45, 2.75) is 0 Å². The van der Waals surface area contributed by atoms with Crippen molar-refractivity contribution in [2.75, 3.05) is 0 Å². The standard InChI is InChI=1S/C54H36O8/c55-51(56)41-19-11-37(12-20-41)47-27-45(28-48(31-47)38-13-21-42(22-14-38)52(57)58)35-7-3-33(4-8-35)1-2-34-5-9-36(10-6-34)46-29-49(39-15-23-43(24-16-39)53(59)60)32-50(30-46)40-17-25-44(26-18-40)54(61)62/h1-32H,(H,55,56)(H,57,58)(H,59,60)(H,61,62)/b2-1+. The topological polar surface area (TPSA) is 149 Å². The molecule has 300 valence electrons. The number of carbonyl (C=O) groups is 4. The third kappa shape index (κ3) is 9.00. The number of rotatable bonds is 12. The largest absolute Gasteiger partial charge is 0.478 e. The summed E-state index contributed by atoms with van der Waals surface area (Å²) >= 11 is 0. The lowest BCUT2D eigenvalue weighted by Crippen LogP contribution is -1.95. The Balaban J connectivity index is 1.06. The van der Waals surface area contributed by atoms with Gasteiger partial charge >= 0.3 is 23.9 Å². The predicted octanol–water partition coefficient (Wildman–Crippen LogP) is 12.7. The lowest BCUT2D eigenvalue weighted by molar-refractivity contribution is 0.0686. The maximum Gasteiger partial charge on any atom is 0.335 e. The van der Waals surface area contributed by atoms with Crippen molar-refractivity contribution in [3.8, 4) is 66.8 Å². The fourth-order valence-corrected chi connectivity index (χ4v) is 7.24. The summed E-state index contributed by atoms with van der Waals surface area (Å²) in [4.78, 5) is 46.0. The van der Waals surface area contributed by atoms with Crippen molar-refractivity contribution in [1.82, 2.24) is 0 Å². The van der Waals surface area contributed by atoms with Crippen LogP contribution in [0, 0.1) is 0 Å². The third-order valence-electron chi connectivity index (χ3n) is 10.7. The summed E-state index contributed by atoms with van der Waals surface area (Å²) in [6.07, 6.45) is 4.07. The van der Waals surface area contributed by atoms with Gasteiger partial charge in [-0.2, -0.15) is 0 Å². The molecule has 0 aromatic heterocycles. The Morgan fingerprint density at radius 3 is 0.565 bits per heavy atom. The summed E-state index contributed by atoms with van der Waals surface area (Å²) in [5.41, 5.74) is 13.5. The second kappa shape index (κ2) is 17.3. The Morgan fingerprint density at radius 1 is 0.242 bits per heavy atom. The second-order valence-electron chi connectivity index (χ2n) is 14.7. The molecule has 0 heterocycles. The fourth-order valence-electron chi connectivity index (χ4n) is 7.24. The van der Waals surface area contributed by atoms with Crippen LogP contribution >= 0.6 is 0 Å². The van der Waals surface area contributed by atoms with Crippen LogP contribution in [0.15, 0.2) is 182 Å². The van der Waals surface area contributed by atoms with Gasteiger partial charge in [0, 0.05) is 0 Å². The highest BCUT2D eigenvalue weighted by Gasteiger charge is 2.13. The van der Waals surface area contributed by atoms with Gasteiger partial charge in [-0.25, -0.2) is 19.2 Å². The molecule has 8 nitrogen and oxygen atoms in total. The molecule has 0 aliphatic rings. The zero-order valence-corrected chi connectivity index (χ0v) is 32.9. The summed E-state index contributed by atoms with van der Waals surface area (Å²) < 4.78 is 0. The number of aromatic carboxylic acids is 4. The van der Waals surface area contributed by atoms with Gasteiger partial charge in [-0.3, -0.25) is 0 Å². The molecule has 8 aromatic rings. The van der Waals surface area contributed by atoms with E-state index in [2.05, 4.69) is 24.3 Å². The summed E-state index contributed by atoms with van der Waals surface area (Å²) in [5.74, 6) is -4.00. The molecular formula is C54H36O8. The molecule has 0 amide bonds. The molecule has 4 N–H and O–H groups in total. The molecule has 0 saturated carbocycles.